The minimum absolute atomic E-state index is 0.0228. The number of sulfone groups is 1. The molecule has 1 aliphatic rings. The third kappa shape index (κ3) is 4.15. The number of amides is 1. The van der Waals surface area contributed by atoms with Gasteiger partial charge in [0.1, 0.15) is 0 Å². The molecule has 7 nitrogen and oxygen atoms in total. The second-order valence-corrected chi connectivity index (χ2v) is 9.24. The second-order valence-electron chi connectivity index (χ2n) is 5.70. The molecule has 1 aliphatic heterocycles. The van der Waals surface area contributed by atoms with E-state index in [9.17, 15) is 13.2 Å². The van der Waals surface area contributed by atoms with Gasteiger partial charge in [-0.2, -0.15) is 0 Å². The van der Waals surface area contributed by atoms with Gasteiger partial charge in [-0.15, -0.1) is 5.10 Å². The topological polar surface area (TPSA) is 105 Å². The number of benzene rings is 1. The Morgan fingerprint density at radius 3 is 2.79 bits per heavy atom. The van der Waals surface area contributed by atoms with E-state index in [2.05, 4.69) is 20.5 Å². The third-order valence-electron chi connectivity index (χ3n) is 3.74. The van der Waals surface area contributed by atoms with Crippen LogP contribution < -0.4 is 5.32 Å². The number of aromatic amines is 1. The molecule has 0 saturated carbocycles. The summed E-state index contributed by atoms with van der Waals surface area (Å²) in [7, 11) is -3.00. The number of carbonyl (C=O) groups excluding carboxylic acids is 1. The average molecular weight is 366 g/mol. The Kier molecular flexibility index (Phi) is 4.91. The maximum Gasteiger partial charge on any atom is 0.233 e. The van der Waals surface area contributed by atoms with Crippen LogP contribution in [0.15, 0.2) is 35.5 Å². The Morgan fingerprint density at radius 1 is 1.38 bits per heavy atom. The molecular weight excluding hydrogens is 348 g/mol. The van der Waals surface area contributed by atoms with Crippen molar-refractivity contribution in [3.63, 3.8) is 0 Å². The Labute approximate surface area is 144 Å². The smallest absolute Gasteiger partial charge is 0.233 e. The number of aromatic nitrogens is 3. The molecule has 1 fully saturated rings. The van der Waals surface area contributed by atoms with Crippen LogP contribution in [-0.2, 0) is 14.6 Å². The van der Waals surface area contributed by atoms with E-state index >= 15 is 0 Å². The second kappa shape index (κ2) is 6.94. The summed E-state index contributed by atoms with van der Waals surface area (Å²) in [6.45, 7) is 1.75. The fourth-order valence-electron chi connectivity index (χ4n) is 2.46. The first-order chi connectivity index (χ1) is 11.4. The maximum atomic E-state index is 12.2. The number of H-pyrrole nitrogens is 1. The first-order valence-corrected chi connectivity index (χ1v) is 10.3. The zero-order valence-corrected chi connectivity index (χ0v) is 14.7. The minimum Gasteiger partial charge on any atom is -0.351 e. The van der Waals surface area contributed by atoms with E-state index in [4.69, 9.17) is 0 Å². The van der Waals surface area contributed by atoms with Gasteiger partial charge in [0.25, 0.3) is 0 Å². The molecule has 1 saturated heterocycles. The highest BCUT2D eigenvalue weighted by Gasteiger charge is 2.30. The Morgan fingerprint density at radius 2 is 2.12 bits per heavy atom. The van der Waals surface area contributed by atoms with Crippen molar-refractivity contribution in [3.05, 3.63) is 30.3 Å². The van der Waals surface area contributed by atoms with Gasteiger partial charge >= 0.3 is 0 Å². The number of nitrogens with zero attached hydrogens (tertiary/aromatic N) is 2. The molecule has 2 N–H and O–H groups in total. The van der Waals surface area contributed by atoms with Crippen LogP contribution in [0.25, 0.3) is 11.4 Å². The molecule has 0 aliphatic carbocycles. The van der Waals surface area contributed by atoms with Crippen molar-refractivity contribution >= 4 is 27.5 Å². The van der Waals surface area contributed by atoms with Crippen molar-refractivity contribution < 1.29 is 13.2 Å². The molecule has 128 valence electrons. The highest BCUT2D eigenvalue weighted by Crippen LogP contribution is 2.23. The SMILES string of the molecule is C[C@H](Sc1n[nH]c(-c2ccccc2)n1)C(=O)N[C@H]1CCS(=O)(=O)C1. The lowest BCUT2D eigenvalue weighted by Gasteiger charge is -2.14. The number of thioether (sulfide) groups is 1. The van der Waals surface area contributed by atoms with Crippen molar-refractivity contribution in [2.24, 2.45) is 0 Å². The van der Waals surface area contributed by atoms with Gasteiger partial charge in [-0.3, -0.25) is 9.89 Å². The maximum absolute atomic E-state index is 12.2. The molecule has 3 rings (SSSR count). The Hall–Kier alpha value is -1.87. The third-order valence-corrected chi connectivity index (χ3v) is 6.47. The van der Waals surface area contributed by atoms with Crippen molar-refractivity contribution in [2.45, 2.75) is 29.8 Å². The van der Waals surface area contributed by atoms with E-state index in [-0.39, 0.29) is 23.5 Å². The number of carbonyl (C=O) groups is 1. The van der Waals surface area contributed by atoms with Gasteiger partial charge in [0.2, 0.25) is 11.1 Å². The summed E-state index contributed by atoms with van der Waals surface area (Å²) in [6.07, 6.45) is 0.476. The zero-order chi connectivity index (χ0) is 17.2. The number of nitrogens with one attached hydrogen (secondary N) is 2. The summed E-state index contributed by atoms with van der Waals surface area (Å²) in [5.41, 5.74) is 0.921. The van der Waals surface area contributed by atoms with Gasteiger partial charge in [0.15, 0.2) is 15.7 Å². The summed E-state index contributed by atoms with van der Waals surface area (Å²) in [5.74, 6) is 0.608. The van der Waals surface area contributed by atoms with Crippen molar-refractivity contribution in [1.29, 1.82) is 0 Å². The molecule has 0 spiro atoms. The fraction of sp³-hybridized carbons (Fsp3) is 0.400. The van der Waals surface area contributed by atoms with E-state index in [0.29, 0.717) is 17.4 Å². The standard InChI is InChI=1S/C15H18N4O3S2/c1-10(14(20)16-12-7-8-24(21,22)9-12)23-15-17-13(18-19-15)11-5-3-2-4-6-11/h2-6,10,12H,7-9H2,1H3,(H,16,20)(H,17,18,19)/t10-,12-/m0/s1. The van der Waals surface area contributed by atoms with Gasteiger partial charge < -0.3 is 5.32 Å². The van der Waals surface area contributed by atoms with E-state index in [1.807, 2.05) is 30.3 Å². The molecule has 2 heterocycles. The summed E-state index contributed by atoms with van der Waals surface area (Å²) in [6, 6.07) is 9.30. The lowest BCUT2D eigenvalue weighted by molar-refractivity contribution is -0.120. The molecule has 2 aromatic rings. The zero-order valence-electron chi connectivity index (χ0n) is 13.1. The predicted octanol–water partition coefficient (Wildman–Crippen LogP) is 1.26. The summed E-state index contributed by atoms with van der Waals surface area (Å²) in [5, 5.41) is 9.84. The van der Waals surface area contributed by atoms with E-state index in [1.54, 1.807) is 6.92 Å². The van der Waals surface area contributed by atoms with Crippen molar-refractivity contribution in [1.82, 2.24) is 20.5 Å². The van der Waals surface area contributed by atoms with Crippen LogP contribution in [-0.4, -0.2) is 52.3 Å². The molecule has 9 heteroatoms. The average Bonchev–Trinajstić information content (AvgIpc) is 3.14. The van der Waals surface area contributed by atoms with Crippen LogP contribution in [0.3, 0.4) is 0 Å². The van der Waals surface area contributed by atoms with Gasteiger partial charge in [-0.05, 0) is 13.3 Å². The largest absolute Gasteiger partial charge is 0.351 e. The monoisotopic (exact) mass is 366 g/mol. The number of rotatable bonds is 5. The summed E-state index contributed by atoms with van der Waals surface area (Å²) >= 11 is 1.24. The highest BCUT2D eigenvalue weighted by atomic mass is 32.2. The van der Waals surface area contributed by atoms with Crippen LogP contribution >= 0.6 is 11.8 Å². The first-order valence-electron chi connectivity index (χ1n) is 7.58. The van der Waals surface area contributed by atoms with Crippen LogP contribution in [0.4, 0.5) is 0 Å². The van der Waals surface area contributed by atoms with Gasteiger partial charge in [-0.1, -0.05) is 42.1 Å². The fourth-order valence-corrected chi connectivity index (χ4v) is 4.87. The molecule has 1 aromatic carbocycles. The first kappa shape index (κ1) is 17.0. The van der Waals surface area contributed by atoms with Gasteiger partial charge in [0, 0.05) is 11.6 Å². The van der Waals surface area contributed by atoms with Crippen LogP contribution in [0.2, 0.25) is 0 Å². The molecule has 1 amide bonds. The molecular formula is C15H18N4O3S2. The molecule has 0 bridgehead atoms. The molecule has 0 radical (unpaired) electrons. The molecule has 24 heavy (non-hydrogen) atoms. The van der Waals surface area contributed by atoms with Crippen molar-refractivity contribution in [3.8, 4) is 11.4 Å². The Bertz CT molecular complexity index is 820. The predicted molar refractivity (Wildman–Crippen MR) is 92.3 cm³/mol. The lowest BCUT2D eigenvalue weighted by Crippen LogP contribution is -2.39. The molecule has 1 aromatic heterocycles. The number of hydrogen-bond acceptors (Lipinski definition) is 6. The quantitative estimate of drug-likeness (QED) is 0.772. The van der Waals surface area contributed by atoms with Crippen LogP contribution in [0.1, 0.15) is 13.3 Å². The summed E-state index contributed by atoms with van der Waals surface area (Å²) < 4.78 is 22.9. The summed E-state index contributed by atoms with van der Waals surface area (Å²) in [4.78, 5) is 16.6. The van der Waals surface area contributed by atoms with Gasteiger partial charge in [0.05, 0.1) is 16.8 Å². The van der Waals surface area contributed by atoms with Crippen LogP contribution in [0, 0.1) is 0 Å². The Balaban J connectivity index is 1.58. The lowest BCUT2D eigenvalue weighted by atomic mass is 10.2. The van der Waals surface area contributed by atoms with E-state index in [1.165, 1.54) is 11.8 Å². The van der Waals surface area contributed by atoms with Crippen LogP contribution in [0.5, 0.6) is 0 Å². The minimum atomic E-state index is -3.00. The highest BCUT2D eigenvalue weighted by molar-refractivity contribution is 8.00. The number of hydrogen-bond donors (Lipinski definition) is 2. The molecule has 0 unspecified atom stereocenters. The van der Waals surface area contributed by atoms with E-state index in [0.717, 1.165) is 5.56 Å². The molecule has 2 atom stereocenters. The van der Waals surface area contributed by atoms with Gasteiger partial charge in [-0.25, -0.2) is 13.4 Å². The van der Waals surface area contributed by atoms with Crippen molar-refractivity contribution in [2.75, 3.05) is 11.5 Å². The normalized spacial score (nSPS) is 20.6. The van der Waals surface area contributed by atoms with E-state index < -0.39 is 15.1 Å².